The van der Waals surface area contributed by atoms with Gasteiger partial charge >= 0.3 is 11.9 Å². The summed E-state index contributed by atoms with van der Waals surface area (Å²) in [6.45, 7) is 0. The fourth-order valence-corrected chi connectivity index (χ4v) is 4.99. The highest BCUT2D eigenvalue weighted by atomic mass is 16.6. The van der Waals surface area contributed by atoms with Crippen molar-refractivity contribution in [1.29, 1.82) is 0 Å². The Morgan fingerprint density at radius 2 is 1.52 bits per heavy atom. The number of carboxylic acids is 1. The second-order valence-electron chi connectivity index (χ2n) is 9.11. The van der Waals surface area contributed by atoms with Crippen molar-refractivity contribution in [2.75, 3.05) is 0 Å². The van der Waals surface area contributed by atoms with E-state index in [9.17, 15) is 35.0 Å². The van der Waals surface area contributed by atoms with Crippen LogP contribution < -0.4 is 4.74 Å². The van der Waals surface area contributed by atoms with E-state index < -0.39 is 22.5 Å². The molecule has 198 valence electrons. The fraction of sp³-hybridized carbons (Fsp3) is 0.0345. The average molecular weight is 538 g/mol. The molecule has 2 aliphatic heterocycles. The predicted molar refractivity (Wildman–Crippen MR) is 140 cm³/mol. The molecule has 7 rings (SSSR count). The lowest BCUT2D eigenvalue weighted by Crippen LogP contribution is -2.33. The maximum absolute atomic E-state index is 12.7. The third kappa shape index (κ3) is 3.76. The number of aromatic carboxylic acids is 1. The monoisotopic (exact) mass is 538 g/mol. The molecule has 0 bridgehead atoms. The van der Waals surface area contributed by atoms with Crippen molar-refractivity contribution in [2.45, 2.75) is 5.60 Å². The summed E-state index contributed by atoms with van der Waals surface area (Å²) >= 11 is 0. The molecular formula is C29H18N2O9. The zero-order valence-corrected chi connectivity index (χ0v) is 20.3. The van der Waals surface area contributed by atoms with Gasteiger partial charge in [0, 0.05) is 58.1 Å². The number of benzene rings is 4. The number of fused-ring (bicyclic) bond motifs is 7. The Bertz CT molecular complexity index is 1820. The lowest BCUT2D eigenvalue weighted by molar-refractivity contribution is -0.384. The Kier molecular flexibility index (Phi) is 5.44. The minimum absolute atomic E-state index is 0.00331. The predicted octanol–water partition coefficient (Wildman–Crippen LogP) is 5.44. The van der Waals surface area contributed by atoms with Crippen LogP contribution in [0.4, 0.5) is 5.69 Å². The third-order valence-electron chi connectivity index (χ3n) is 6.77. The summed E-state index contributed by atoms with van der Waals surface area (Å²) in [4.78, 5) is 37.1. The Balaban J connectivity index is 0.000000201. The number of carboxylic acid groups (broad SMARTS) is 1. The van der Waals surface area contributed by atoms with Gasteiger partial charge in [-0.15, -0.1) is 0 Å². The molecule has 2 aliphatic rings. The SMILES string of the molecule is O=C(O)c1ccc2c(c1)C1(OC2=O)c2ccc(O)cc2Oc2cc(O)ccc21.O=[N+]([O-])c1ccc2[nH]ccc2c1. The Labute approximate surface area is 224 Å². The quantitative estimate of drug-likeness (QED) is 0.130. The molecule has 0 saturated carbocycles. The molecule has 0 unspecified atom stereocenters. The number of nitro benzene ring substituents is 1. The molecular weight excluding hydrogens is 520 g/mol. The topological polar surface area (TPSA) is 172 Å². The number of phenols is 2. The average Bonchev–Trinajstić information content (AvgIpc) is 3.51. The first kappa shape index (κ1) is 24.5. The molecule has 0 radical (unpaired) electrons. The lowest BCUT2D eigenvalue weighted by atomic mass is 9.77. The molecule has 1 aromatic heterocycles. The first-order valence-corrected chi connectivity index (χ1v) is 11.8. The van der Waals surface area contributed by atoms with Crippen LogP contribution in [0.1, 0.15) is 37.4 Å². The van der Waals surface area contributed by atoms with Crippen LogP contribution >= 0.6 is 0 Å². The number of carbonyl (C=O) groups is 2. The zero-order chi connectivity index (χ0) is 28.2. The van der Waals surface area contributed by atoms with Gasteiger partial charge in [-0.05, 0) is 54.6 Å². The molecule has 0 amide bonds. The number of aromatic hydroxyl groups is 2. The number of hydrogen-bond acceptors (Lipinski definition) is 8. The summed E-state index contributed by atoms with van der Waals surface area (Å²) < 4.78 is 11.7. The summed E-state index contributed by atoms with van der Waals surface area (Å²) in [7, 11) is 0. The first-order valence-electron chi connectivity index (χ1n) is 11.8. The van der Waals surface area contributed by atoms with Gasteiger partial charge in [0.1, 0.15) is 23.0 Å². The molecule has 5 aromatic rings. The van der Waals surface area contributed by atoms with Crippen LogP contribution in [0, 0.1) is 10.1 Å². The van der Waals surface area contributed by atoms with Crippen molar-refractivity contribution < 1.29 is 39.3 Å². The standard InChI is InChI=1S/C21H12O7.C8H6N2O2/c22-11-2-5-14-17(8-11)27-18-9-12(23)3-6-15(18)21(14)16-7-10(19(24)25)1-4-13(16)20(26)28-21;11-10(12)7-1-2-8-6(5-7)3-4-9-8/h1-9,22-23H,(H,24,25);1-5,9H. The van der Waals surface area contributed by atoms with Crippen LogP contribution in [0.5, 0.6) is 23.0 Å². The highest BCUT2D eigenvalue weighted by Gasteiger charge is 2.53. The summed E-state index contributed by atoms with van der Waals surface area (Å²) in [5, 5.41) is 40.4. The molecule has 4 aromatic carbocycles. The number of carbonyl (C=O) groups excluding carboxylic acids is 1. The Morgan fingerprint density at radius 1 is 0.850 bits per heavy atom. The highest BCUT2D eigenvalue weighted by molar-refractivity contribution is 5.99. The van der Waals surface area contributed by atoms with Gasteiger partial charge in [0.15, 0.2) is 5.60 Å². The molecule has 11 heteroatoms. The molecule has 40 heavy (non-hydrogen) atoms. The fourth-order valence-electron chi connectivity index (χ4n) is 4.99. The molecule has 4 N–H and O–H groups in total. The molecule has 0 fully saturated rings. The molecule has 0 aliphatic carbocycles. The largest absolute Gasteiger partial charge is 0.508 e. The van der Waals surface area contributed by atoms with Crippen LogP contribution in [0.25, 0.3) is 10.9 Å². The summed E-state index contributed by atoms with van der Waals surface area (Å²) in [6, 6.07) is 19.5. The van der Waals surface area contributed by atoms with E-state index in [1.165, 1.54) is 48.5 Å². The van der Waals surface area contributed by atoms with Gasteiger partial charge in [0.05, 0.1) is 16.1 Å². The number of ether oxygens (including phenoxy) is 2. The number of H-pyrrole nitrogens is 1. The Hall–Kier alpha value is -5.84. The van der Waals surface area contributed by atoms with E-state index in [0.717, 1.165) is 10.9 Å². The second-order valence-corrected chi connectivity index (χ2v) is 9.11. The molecule has 3 heterocycles. The minimum Gasteiger partial charge on any atom is -0.508 e. The van der Waals surface area contributed by atoms with E-state index in [1.807, 2.05) is 6.07 Å². The molecule has 11 nitrogen and oxygen atoms in total. The maximum atomic E-state index is 12.7. The van der Waals surface area contributed by atoms with Gasteiger partial charge < -0.3 is 29.8 Å². The second kappa shape index (κ2) is 8.88. The number of nitrogens with zero attached hydrogens (tertiary/aromatic N) is 1. The minimum atomic E-state index is -1.46. The van der Waals surface area contributed by atoms with Crippen molar-refractivity contribution in [3.63, 3.8) is 0 Å². The number of aromatic amines is 1. The normalized spacial score (nSPS) is 13.8. The zero-order valence-electron chi connectivity index (χ0n) is 20.3. The summed E-state index contributed by atoms with van der Waals surface area (Å²) in [6.07, 6.45) is 1.76. The third-order valence-corrected chi connectivity index (χ3v) is 6.77. The number of non-ortho nitro benzene ring substituents is 1. The first-order chi connectivity index (χ1) is 19.2. The number of nitro groups is 1. The summed E-state index contributed by atoms with van der Waals surface area (Å²) in [5.41, 5.74) is 1.08. The molecule has 0 saturated heterocycles. The van der Waals surface area contributed by atoms with Crippen molar-refractivity contribution in [3.05, 3.63) is 123 Å². The van der Waals surface area contributed by atoms with Crippen LogP contribution in [-0.2, 0) is 10.3 Å². The van der Waals surface area contributed by atoms with Gasteiger partial charge in [-0.2, -0.15) is 0 Å². The van der Waals surface area contributed by atoms with Crippen LogP contribution in [0.15, 0.2) is 85.1 Å². The van der Waals surface area contributed by atoms with Crippen LogP contribution in [0.3, 0.4) is 0 Å². The van der Waals surface area contributed by atoms with Crippen molar-refractivity contribution in [1.82, 2.24) is 4.98 Å². The van der Waals surface area contributed by atoms with Crippen molar-refractivity contribution >= 4 is 28.5 Å². The van der Waals surface area contributed by atoms with E-state index in [4.69, 9.17) is 9.47 Å². The van der Waals surface area contributed by atoms with Gasteiger partial charge in [-0.3, -0.25) is 10.1 Å². The van der Waals surface area contributed by atoms with Gasteiger partial charge in [0.25, 0.3) is 5.69 Å². The van der Waals surface area contributed by atoms with Crippen LogP contribution in [-0.4, -0.2) is 37.2 Å². The van der Waals surface area contributed by atoms with E-state index in [1.54, 1.807) is 30.5 Å². The van der Waals surface area contributed by atoms with Gasteiger partial charge in [-0.25, -0.2) is 9.59 Å². The van der Waals surface area contributed by atoms with Crippen molar-refractivity contribution in [3.8, 4) is 23.0 Å². The maximum Gasteiger partial charge on any atom is 0.340 e. The summed E-state index contributed by atoms with van der Waals surface area (Å²) in [5.74, 6) is -1.38. The van der Waals surface area contributed by atoms with E-state index in [2.05, 4.69) is 4.98 Å². The highest BCUT2D eigenvalue weighted by Crippen LogP contribution is 2.57. The lowest BCUT2D eigenvalue weighted by Gasteiger charge is -2.36. The van der Waals surface area contributed by atoms with Crippen molar-refractivity contribution in [2.24, 2.45) is 0 Å². The van der Waals surface area contributed by atoms with Gasteiger partial charge in [-0.1, -0.05) is 0 Å². The van der Waals surface area contributed by atoms with Gasteiger partial charge in [0.2, 0.25) is 0 Å². The van der Waals surface area contributed by atoms with Crippen LogP contribution in [0.2, 0.25) is 0 Å². The smallest absolute Gasteiger partial charge is 0.340 e. The number of hydrogen-bond donors (Lipinski definition) is 4. The number of esters is 1. The van der Waals surface area contributed by atoms with E-state index in [0.29, 0.717) is 16.7 Å². The number of rotatable bonds is 2. The number of nitrogens with one attached hydrogen (secondary N) is 1. The van der Waals surface area contributed by atoms with E-state index >= 15 is 0 Å². The number of aromatic nitrogens is 1. The molecule has 1 spiro atoms. The molecule has 0 atom stereocenters. The Morgan fingerprint density at radius 3 is 2.15 bits per heavy atom. The number of phenolic OH excluding ortho intramolecular Hbond substituents is 2. The van der Waals surface area contributed by atoms with E-state index in [-0.39, 0.29) is 39.8 Å².